The van der Waals surface area contributed by atoms with Crippen molar-refractivity contribution >= 4 is 46.1 Å². The highest BCUT2D eigenvalue weighted by Gasteiger charge is 2.31. The Morgan fingerprint density at radius 3 is 1.56 bits per heavy atom. The number of benzene rings is 4. The number of allylic oxidation sites excluding steroid dienone is 11. The van der Waals surface area contributed by atoms with Crippen molar-refractivity contribution in [3.05, 3.63) is 177 Å². The molecular formula is C53H57N3O5. The Hall–Kier alpha value is -6.06. The monoisotopic (exact) mass is 815 g/mol. The minimum absolute atomic E-state index is 0.0391. The van der Waals surface area contributed by atoms with E-state index in [1.54, 1.807) is 0 Å². The normalized spacial score (nSPS) is 16.2. The minimum atomic E-state index is -0.405. The molecule has 0 heterocycles. The number of carbonyl (C=O) groups is 2. The number of ketones is 2. The Kier molecular flexibility index (Phi) is 13.9. The van der Waals surface area contributed by atoms with Crippen molar-refractivity contribution in [2.24, 2.45) is 21.1 Å². The molecule has 0 atom stereocenters. The van der Waals surface area contributed by atoms with Gasteiger partial charge in [0.2, 0.25) is 0 Å². The summed E-state index contributed by atoms with van der Waals surface area (Å²) >= 11 is 0. The van der Waals surface area contributed by atoms with Gasteiger partial charge in [-0.15, -0.1) is 0 Å². The SMILES string of the molecule is CC1=C/C(=C2C=C(/C=C/c3ccc(N=Nc4ccc(N(c5ccc(CCO)cc5)c5ccc(CCO)cc5)cc4)c(CCO)c3)C(=O)C(C(C)(C)C)=C\2)C=C(C(C)(C)C)C1=O. The fourth-order valence-corrected chi connectivity index (χ4v) is 7.42. The molecule has 3 N–H and O–H groups in total. The molecule has 0 unspecified atom stereocenters. The molecule has 0 radical (unpaired) electrons. The standard InChI is InChI=1S/C53H57N3O5/c1-35-30-41(33-47(50(35)60)52(2,3)4)42-32-40(51(61)48(34-42)53(5,6)7)14-8-38-13-23-49(39(31-38)26-29-59)55-54-43-15-21-46(22-16-43)56(44-17-9-36(10-18-44)24-27-57)45-19-11-37(12-20-45)25-28-58/h8-23,30-34,57-59H,24-29H2,1-7H3/b14-8+,42-41-,55-54?. The number of hydrogen-bond acceptors (Lipinski definition) is 8. The lowest BCUT2D eigenvalue weighted by Crippen LogP contribution is -2.23. The largest absolute Gasteiger partial charge is 0.396 e. The van der Waals surface area contributed by atoms with E-state index in [1.165, 1.54) is 0 Å². The Morgan fingerprint density at radius 2 is 1.05 bits per heavy atom. The van der Waals surface area contributed by atoms with Crippen LogP contribution in [0.25, 0.3) is 6.08 Å². The lowest BCUT2D eigenvalue weighted by Gasteiger charge is -2.28. The van der Waals surface area contributed by atoms with Gasteiger partial charge < -0.3 is 20.2 Å². The lowest BCUT2D eigenvalue weighted by molar-refractivity contribution is -0.113. The van der Waals surface area contributed by atoms with Crippen LogP contribution in [0, 0.1) is 10.8 Å². The first-order chi connectivity index (χ1) is 29.1. The van der Waals surface area contributed by atoms with Crippen molar-refractivity contribution in [1.29, 1.82) is 0 Å². The van der Waals surface area contributed by atoms with Gasteiger partial charge in [-0.1, -0.05) is 84.0 Å². The maximum atomic E-state index is 13.9. The van der Waals surface area contributed by atoms with E-state index in [0.29, 0.717) is 47.4 Å². The summed E-state index contributed by atoms with van der Waals surface area (Å²) in [6.07, 6.45) is 13.1. The molecule has 4 aromatic carbocycles. The zero-order chi connectivity index (χ0) is 43.9. The van der Waals surface area contributed by atoms with E-state index in [1.807, 2.05) is 176 Å². The van der Waals surface area contributed by atoms with Crippen LogP contribution in [0.4, 0.5) is 28.4 Å². The van der Waals surface area contributed by atoms with E-state index in [2.05, 4.69) is 15.1 Å². The first-order valence-corrected chi connectivity index (χ1v) is 20.9. The minimum Gasteiger partial charge on any atom is -0.396 e. The third kappa shape index (κ3) is 10.8. The average molecular weight is 816 g/mol. The number of anilines is 3. The van der Waals surface area contributed by atoms with Crippen molar-refractivity contribution in [3.8, 4) is 0 Å². The number of hydrogen-bond donors (Lipinski definition) is 3. The summed E-state index contributed by atoms with van der Waals surface area (Å²) < 4.78 is 0. The zero-order valence-corrected chi connectivity index (χ0v) is 36.4. The molecule has 0 amide bonds. The molecule has 2 aliphatic rings. The maximum absolute atomic E-state index is 13.9. The van der Waals surface area contributed by atoms with Gasteiger partial charge in [-0.2, -0.15) is 10.2 Å². The van der Waals surface area contributed by atoms with Crippen LogP contribution in [-0.2, 0) is 28.9 Å². The van der Waals surface area contributed by atoms with Crippen LogP contribution in [0.3, 0.4) is 0 Å². The summed E-state index contributed by atoms with van der Waals surface area (Å²) in [6.45, 7) is 14.2. The van der Waals surface area contributed by atoms with Crippen molar-refractivity contribution in [1.82, 2.24) is 0 Å². The van der Waals surface area contributed by atoms with Gasteiger partial charge in [0.25, 0.3) is 0 Å². The molecule has 0 fully saturated rings. The number of aliphatic hydroxyl groups excluding tert-OH is 3. The van der Waals surface area contributed by atoms with Gasteiger partial charge in [-0.3, -0.25) is 9.59 Å². The van der Waals surface area contributed by atoms with Crippen molar-refractivity contribution in [3.63, 3.8) is 0 Å². The van der Waals surface area contributed by atoms with Gasteiger partial charge >= 0.3 is 0 Å². The predicted molar refractivity (Wildman–Crippen MR) is 247 cm³/mol. The number of carbonyl (C=O) groups excluding carboxylic acids is 2. The highest BCUT2D eigenvalue weighted by molar-refractivity contribution is 6.14. The highest BCUT2D eigenvalue weighted by atomic mass is 16.3. The van der Waals surface area contributed by atoms with Crippen molar-refractivity contribution in [2.75, 3.05) is 24.7 Å². The van der Waals surface area contributed by atoms with E-state index >= 15 is 0 Å². The number of rotatable bonds is 13. The summed E-state index contributed by atoms with van der Waals surface area (Å²) in [7, 11) is 0. The molecule has 6 rings (SSSR count). The molecule has 0 bridgehead atoms. The van der Waals surface area contributed by atoms with Gasteiger partial charge in [0.05, 0.1) is 11.4 Å². The second kappa shape index (κ2) is 19.1. The van der Waals surface area contributed by atoms with Crippen LogP contribution in [0.15, 0.2) is 165 Å². The molecule has 0 spiro atoms. The molecule has 0 saturated carbocycles. The van der Waals surface area contributed by atoms with Gasteiger partial charge in [-0.05, 0) is 161 Å². The predicted octanol–water partition coefficient (Wildman–Crippen LogP) is 11.5. The maximum Gasteiger partial charge on any atom is 0.189 e. The van der Waals surface area contributed by atoms with Crippen LogP contribution >= 0.6 is 0 Å². The molecular weight excluding hydrogens is 759 g/mol. The summed E-state index contributed by atoms with van der Waals surface area (Å²) in [5, 5.41) is 38.0. The first-order valence-electron chi connectivity index (χ1n) is 20.9. The van der Waals surface area contributed by atoms with E-state index in [0.717, 1.165) is 56.0 Å². The quantitative estimate of drug-likeness (QED) is 0.116. The third-order valence-electron chi connectivity index (χ3n) is 10.9. The lowest BCUT2D eigenvalue weighted by atomic mass is 9.75. The number of nitrogens with zero attached hydrogens (tertiary/aromatic N) is 3. The smallest absolute Gasteiger partial charge is 0.189 e. The van der Waals surface area contributed by atoms with Crippen LogP contribution in [0.1, 0.15) is 70.7 Å². The Labute approximate surface area is 360 Å². The summed E-state index contributed by atoms with van der Waals surface area (Å²) in [6, 6.07) is 29.8. The van der Waals surface area contributed by atoms with E-state index < -0.39 is 5.41 Å². The van der Waals surface area contributed by atoms with Crippen LogP contribution in [0.5, 0.6) is 0 Å². The van der Waals surface area contributed by atoms with Crippen molar-refractivity contribution < 1.29 is 24.9 Å². The van der Waals surface area contributed by atoms with Crippen LogP contribution < -0.4 is 4.90 Å². The van der Waals surface area contributed by atoms with E-state index in [-0.39, 0.29) is 36.8 Å². The van der Waals surface area contributed by atoms with Gasteiger partial charge in [0.1, 0.15) is 0 Å². The van der Waals surface area contributed by atoms with Gasteiger partial charge in [0.15, 0.2) is 11.6 Å². The summed E-state index contributed by atoms with van der Waals surface area (Å²) in [5.74, 6) is 0.00808. The number of aliphatic hydroxyl groups is 3. The van der Waals surface area contributed by atoms with Crippen LogP contribution in [0.2, 0.25) is 0 Å². The molecule has 2 aliphatic carbocycles. The first kappa shape index (κ1) is 44.5. The fourth-order valence-electron chi connectivity index (χ4n) is 7.42. The molecule has 61 heavy (non-hydrogen) atoms. The Balaban J connectivity index is 1.27. The summed E-state index contributed by atoms with van der Waals surface area (Å²) in [5.41, 5.74) is 11.6. The Morgan fingerprint density at radius 1 is 0.557 bits per heavy atom. The zero-order valence-electron chi connectivity index (χ0n) is 36.4. The molecule has 314 valence electrons. The highest BCUT2D eigenvalue weighted by Crippen LogP contribution is 2.39. The number of Topliss-reactive ketones (excluding diaryl/α,β-unsaturated/α-hetero) is 2. The molecule has 4 aromatic rings. The van der Waals surface area contributed by atoms with Gasteiger partial charge in [0, 0.05) is 53.6 Å². The molecule has 0 aliphatic heterocycles. The van der Waals surface area contributed by atoms with Gasteiger partial charge in [-0.25, -0.2) is 0 Å². The number of azo groups is 1. The Bertz CT molecular complexity index is 2430. The topological polar surface area (TPSA) is 123 Å². The third-order valence-corrected chi connectivity index (χ3v) is 10.9. The fraction of sp³-hybridized carbons (Fsp3) is 0.283. The van der Waals surface area contributed by atoms with Crippen LogP contribution in [-0.4, -0.2) is 46.7 Å². The van der Waals surface area contributed by atoms with Crippen molar-refractivity contribution in [2.45, 2.75) is 67.7 Å². The molecule has 8 heteroatoms. The average Bonchev–Trinajstić information content (AvgIpc) is 3.22. The second-order valence-corrected chi connectivity index (χ2v) is 17.6. The molecule has 8 nitrogen and oxygen atoms in total. The molecule has 0 saturated heterocycles. The van der Waals surface area contributed by atoms with E-state index in [4.69, 9.17) is 0 Å². The summed E-state index contributed by atoms with van der Waals surface area (Å²) in [4.78, 5) is 29.1. The second-order valence-electron chi connectivity index (χ2n) is 17.6. The van der Waals surface area contributed by atoms with E-state index in [9.17, 15) is 24.9 Å². The molecule has 0 aromatic heterocycles.